The summed E-state index contributed by atoms with van der Waals surface area (Å²) >= 11 is 0. The standard InChI is InChI=1S/C15H20FNO4S/c1-15(2,21-13-6-4-11(16)5-7-13)14(18)17(3)12-8-9-22(19,20)10-12/h4-7,12H,8-10H2,1-3H3. The van der Waals surface area contributed by atoms with Crippen molar-refractivity contribution in [2.24, 2.45) is 0 Å². The van der Waals surface area contributed by atoms with Gasteiger partial charge >= 0.3 is 0 Å². The third-order valence-electron chi connectivity index (χ3n) is 3.78. The number of benzene rings is 1. The summed E-state index contributed by atoms with van der Waals surface area (Å²) in [6.07, 6.45) is 0.442. The van der Waals surface area contributed by atoms with Gasteiger partial charge in [-0.25, -0.2) is 12.8 Å². The molecule has 7 heteroatoms. The number of carbonyl (C=O) groups is 1. The molecular formula is C15H20FNO4S. The fraction of sp³-hybridized carbons (Fsp3) is 0.533. The molecule has 1 heterocycles. The molecule has 1 aliphatic heterocycles. The zero-order valence-electron chi connectivity index (χ0n) is 12.9. The Morgan fingerprint density at radius 1 is 1.32 bits per heavy atom. The summed E-state index contributed by atoms with van der Waals surface area (Å²) in [4.78, 5) is 14.0. The Balaban J connectivity index is 2.08. The smallest absolute Gasteiger partial charge is 0.266 e. The Morgan fingerprint density at radius 3 is 2.41 bits per heavy atom. The van der Waals surface area contributed by atoms with Crippen molar-refractivity contribution in [1.82, 2.24) is 4.90 Å². The number of nitrogens with zero attached hydrogens (tertiary/aromatic N) is 1. The first-order valence-electron chi connectivity index (χ1n) is 7.03. The van der Waals surface area contributed by atoms with Crippen molar-refractivity contribution < 1.29 is 22.3 Å². The second-order valence-corrected chi connectivity index (χ2v) is 8.27. The maximum absolute atomic E-state index is 12.9. The lowest BCUT2D eigenvalue weighted by atomic mass is 10.1. The van der Waals surface area contributed by atoms with Gasteiger partial charge in [0, 0.05) is 13.1 Å². The molecule has 1 aromatic rings. The number of likely N-dealkylation sites (N-methyl/N-ethyl adjacent to an activating group) is 1. The molecule has 2 rings (SSSR count). The van der Waals surface area contributed by atoms with Gasteiger partial charge in [-0.3, -0.25) is 4.79 Å². The van der Waals surface area contributed by atoms with Gasteiger partial charge in [-0.1, -0.05) is 0 Å². The summed E-state index contributed by atoms with van der Waals surface area (Å²) in [5, 5.41) is 0. The molecular weight excluding hydrogens is 309 g/mol. The van der Waals surface area contributed by atoms with Crippen LogP contribution in [0.2, 0.25) is 0 Å². The Hall–Kier alpha value is -1.63. The quantitative estimate of drug-likeness (QED) is 0.842. The molecule has 5 nitrogen and oxygen atoms in total. The van der Waals surface area contributed by atoms with E-state index in [1.54, 1.807) is 20.9 Å². The number of sulfone groups is 1. The molecule has 1 aliphatic rings. The summed E-state index contributed by atoms with van der Waals surface area (Å²) in [6.45, 7) is 3.22. The molecule has 1 saturated heterocycles. The average Bonchev–Trinajstić information content (AvgIpc) is 2.80. The Kier molecular flexibility index (Phi) is 4.47. The Labute approximate surface area is 130 Å². The maximum Gasteiger partial charge on any atom is 0.266 e. The number of hydrogen-bond acceptors (Lipinski definition) is 4. The van der Waals surface area contributed by atoms with Gasteiger partial charge in [-0.2, -0.15) is 0 Å². The molecule has 0 spiro atoms. The van der Waals surface area contributed by atoms with Crippen LogP contribution >= 0.6 is 0 Å². The molecule has 0 N–H and O–H groups in total. The van der Waals surface area contributed by atoms with E-state index in [0.29, 0.717) is 12.2 Å². The summed E-state index contributed by atoms with van der Waals surface area (Å²) in [5.41, 5.74) is -1.17. The number of amides is 1. The fourth-order valence-electron chi connectivity index (χ4n) is 2.51. The molecule has 1 atom stereocenters. The highest BCUT2D eigenvalue weighted by Gasteiger charge is 2.39. The number of hydrogen-bond donors (Lipinski definition) is 0. The van der Waals surface area contributed by atoms with Crippen molar-refractivity contribution in [3.63, 3.8) is 0 Å². The van der Waals surface area contributed by atoms with Crippen molar-refractivity contribution in [2.45, 2.75) is 31.9 Å². The topological polar surface area (TPSA) is 63.7 Å². The van der Waals surface area contributed by atoms with Crippen LogP contribution in [0, 0.1) is 5.82 Å². The molecule has 1 aromatic carbocycles. The lowest BCUT2D eigenvalue weighted by Gasteiger charge is -2.33. The number of halogens is 1. The summed E-state index contributed by atoms with van der Waals surface area (Å²) in [7, 11) is -1.47. The van der Waals surface area contributed by atoms with E-state index in [9.17, 15) is 17.6 Å². The molecule has 1 amide bonds. The van der Waals surface area contributed by atoms with Crippen LogP contribution in [-0.4, -0.2) is 49.4 Å². The van der Waals surface area contributed by atoms with Gasteiger partial charge in [0.1, 0.15) is 11.6 Å². The van der Waals surface area contributed by atoms with E-state index in [1.165, 1.54) is 29.2 Å². The molecule has 0 bridgehead atoms. The third-order valence-corrected chi connectivity index (χ3v) is 5.53. The van der Waals surface area contributed by atoms with Crippen molar-refractivity contribution >= 4 is 15.7 Å². The Morgan fingerprint density at radius 2 is 1.91 bits per heavy atom. The molecule has 0 radical (unpaired) electrons. The highest BCUT2D eigenvalue weighted by molar-refractivity contribution is 7.91. The van der Waals surface area contributed by atoms with Crippen LogP contribution in [0.25, 0.3) is 0 Å². The lowest BCUT2D eigenvalue weighted by molar-refractivity contribution is -0.145. The van der Waals surface area contributed by atoms with Crippen LogP contribution in [0.1, 0.15) is 20.3 Å². The third kappa shape index (κ3) is 3.76. The van der Waals surface area contributed by atoms with Gasteiger partial charge in [-0.05, 0) is 44.5 Å². The van der Waals surface area contributed by atoms with E-state index in [2.05, 4.69) is 0 Å². The normalized spacial score (nSPS) is 20.6. The molecule has 122 valence electrons. The highest BCUT2D eigenvalue weighted by atomic mass is 32.2. The second kappa shape index (κ2) is 5.87. The van der Waals surface area contributed by atoms with E-state index in [0.717, 1.165) is 0 Å². The summed E-state index contributed by atoms with van der Waals surface area (Å²) < 4.78 is 41.6. The minimum Gasteiger partial charge on any atom is -0.478 e. The minimum atomic E-state index is -3.06. The predicted octanol–water partition coefficient (Wildman–Crippen LogP) is 1.63. The van der Waals surface area contributed by atoms with Gasteiger partial charge in [0.15, 0.2) is 15.4 Å². The lowest BCUT2D eigenvalue weighted by Crippen LogP contribution is -2.51. The van der Waals surface area contributed by atoms with Crippen LogP contribution in [0.5, 0.6) is 5.75 Å². The van der Waals surface area contributed by atoms with Crippen molar-refractivity contribution in [3.05, 3.63) is 30.1 Å². The van der Waals surface area contributed by atoms with Crippen LogP contribution < -0.4 is 4.74 Å². The van der Waals surface area contributed by atoms with E-state index >= 15 is 0 Å². The molecule has 0 aromatic heterocycles. The van der Waals surface area contributed by atoms with Gasteiger partial charge in [0.2, 0.25) is 0 Å². The summed E-state index contributed by atoms with van der Waals surface area (Å²) in [6, 6.07) is 5.08. The van der Waals surface area contributed by atoms with Gasteiger partial charge < -0.3 is 9.64 Å². The van der Waals surface area contributed by atoms with Crippen molar-refractivity contribution in [3.8, 4) is 5.75 Å². The number of rotatable bonds is 4. The van der Waals surface area contributed by atoms with Crippen molar-refractivity contribution in [1.29, 1.82) is 0 Å². The van der Waals surface area contributed by atoms with Crippen LogP contribution in [-0.2, 0) is 14.6 Å². The van der Waals surface area contributed by atoms with E-state index in [-0.39, 0.29) is 29.3 Å². The second-order valence-electron chi connectivity index (χ2n) is 6.04. The largest absolute Gasteiger partial charge is 0.478 e. The predicted molar refractivity (Wildman–Crippen MR) is 80.9 cm³/mol. The van der Waals surface area contributed by atoms with Crippen LogP contribution in [0.15, 0.2) is 24.3 Å². The van der Waals surface area contributed by atoms with Gasteiger partial charge in [0.05, 0.1) is 11.5 Å². The van der Waals surface area contributed by atoms with E-state index < -0.39 is 15.4 Å². The van der Waals surface area contributed by atoms with E-state index in [1.807, 2.05) is 0 Å². The van der Waals surface area contributed by atoms with Crippen LogP contribution in [0.3, 0.4) is 0 Å². The molecule has 0 aliphatic carbocycles. The van der Waals surface area contributed by atoms with Crippen molar-refractivity contribution in [2.75, 3.05) is 18.6 Å². The number of carbonyl (C=O) groups excluding carboxylic acids is 1. The van der Waals surface area contributed by atoms with Gasteiger partial charge in [0.25, 0.3) is 5.91 Å². The molecule has 1 fully saturated rings. The molecule has 0 saturated carbocycles. The highest BCUT2D eigenvalue weighted by Crippen LogP contribution is 2.23. The molecule has 22 heavy (non-hydrogen) atoms. The van der Waals surface area contributed by atoms with Gasteiger partial charge in [-0.15, -0.1) is 0 Å². The zero-order valence-corrected chi connectivity index (χ0v) is 13.7. The minimum absolute atomic E-state index is 0.0120. The Bertz CT molecular complexity index is 655. The molecule has 1 unspecified atom stereocenters. The first kappa shape index (κ1) is 16.7. The SMILES string of the molecule is CN(C(=O)C(C)(C)Oc1ccc(F)cc1)C1CCS(=O)(=O)C1. The monoisotopic (exact) mass is 329 g/mol. The first-order valence-corrected chi connectivity index (χ1v) is 8.85. The maximum atomic E-state index is 12.9. The zero-order chi connectivity index (χ0) is 16.5. The number of ether oxygens (including phenoxy) is 1. The first-order chi connectivity index (χ1) is 10.1. The van der Waals surface area contributed by atoms with E-state index in [4.69, 9.17) is 4.74 Å². The summed E-state index contributed by atoms with van der Waals surface area (Å²) in [5.74, 6) is -0.216. The van der Waals surface area contributed by atoms with Crippen LogP contribution in [0.4, 0.5) is 4.39 Å². The fourth-order valence-corrected chi connectivity index (χ4v) is 4.29. The average molecular weight is 329 g/mol.